The van der Waals surface area contributed by atoms with Gasteiger partial charge in [0.2, 0.25) is 0 Å². The van der Waals surface area contributed by atoms with Gasteiger partial charge in [-0.25, -0.2) is 19.0 Å². The largest absolute Gasteiger partial charge is 0.296 e. The molecule has 4 aromatic rings. The van der Waals surface area contributed by atoms with Gasteiger partial charge in [0.05, 0.1) is 29.5 Å². The molecule has 0 aromatic carbocycles. The summed E-state index contributed by atoms with van der Waals surface area (Å²) in [6, 6.07) is 0. The summed E-state index contributed by atoms with van der Waals surface area (Å²) in [5, 5.41) is 8.94. The molecule has 6 nitrogen and oxygen atoms in total. The minimum atomic E-state index is 0.895. The highest BCUT2D eigenvalue weighted by Gasteiger charge is 2.12. The Morgan fingerprint density at radius 3 is 2.52 bits per heavy atom. The zero-order valence-corrected chi connectivity index (χ0v) is 12.5. The van der Waals surface area contributed by atoms with Crippen molar-refractivity contribution in [3.8, 4) is 0 Å². The van der Waals surface area contributed by atoms with Crippen LogP contribution in [0.5, 0.6) is 0 Å². The summed E-state index contributed by atoms with van der Waals surface area (Å²) in [4.78, 5) is 8.95. The summed E-state index contributed by atoms with van der Waals surface area (Å²) < 4.78 is 3.89. The molecule has 106 valence electrons. The molecule has 0 fully saturated rings. The van der Waals surface area contributed by atoms with E-state index >= 15 is 0 Å². The van der Waals surface area contributed by atoms with Gasteiger partial charge in [0, 0.05) is 16.5 Å². The first-order valence-electron chi connectivity index (χ1n) is 6.91. The number of rotatable bonds is 1. The number of fused-ring (bicyclic) bond motifs is 2. The molecule has 0 unspecified atom stereocenters. The number of nitrogens with zero attached hydrogens (tertiary/aromatic N) is 5. The Balaban J connectivity index is 2.08. The molecule has 0 aliphatic heterocycles. The summed E-state index contributed by atoms with van der Waals surface area (Å²) in [6.45, 7) is 8.11. The molecule has 4 heterocycles. The van der Waals surface area contributed by atoms with Gasteiger partial charge in [-0.3, -0.25) is 5.10 Å². The second-order valence-electron chi connectivity index (χ2n) is 5.49. The average molecular weight is 280 g/mol. The Hall–Kier alpha value is -2.63. The summed E-state index contributed by atoms with van der Waals surface area (Å²) in [5.41, 5.74) is 7.11. The van der Waals surface area contributed by atoms with Crippen molar-refractivity contribution in [2.24, 2.45) is 0 Å². The number of H-pyrrole nitrogens is 1. The van der Waals surface area contributed by atoms with E-state index in [4.69, 9.17) is 0 Å². The van der Waals surface area contributed by atoms with E-state index in [0.717, 1.165) is 44.9 Å². The van der Waals surface area contributed by atoms with Crippen LogP contribution in [-0.4, -0.2) is 29.2 Å². The molecule has 0 radical (unpaired) electrons. The van der Waals surface area contributed by atoms with Crippen LogP contribution < -0.4 is 5.22 Å². The third-order valence-electron chi connectivity index (χ3n) is 3.94. The maximum atomic E-state index is 4.55. The van der Waals surface area contributed by atoms with Crippen molar-refractivity contribution in [3.05, 3.63) is 46.0 Å². The topological polar surface area (TPSA) is 63.3 Å². The van der Waals surface area contributed by atoms with Gasteiger partial charge < -0.3 is 0 Å². The van der Waals surface area contributed by atoms with E-state index in [0.29, 0.717) is 0 Å². The highest BCUT2D eigenvalue weighted by molar-refractivity contribution is 5.70. The number of imidazole rings is 2. The van der Waals surface area contributed by atoms with Gasteiger partial charge in [0.25, 0.3) is 0 Å². The van der Waals surface area contributed by atoms with E-state index in [-0.39, 0.29) is 0 Å². The Labute approximate surface area is 121 Å². The number of aromatic amines is 1. The van der Waals surface area contributed by atoms with Gasteiger partial charge in [-0.15, -0.1) is 0 Å². The average Bonchev–Trinajstić information content (AvgIpc) is 3.13. The summed E-state index contributed by atoms with van der Waals surface area (Å²) in [7, 11) is 0. The van der Waals surface area contributed by atoms with E-state index < -0.39 is 0 Å². The second-order valence-corrected chi connectivity index (χ2v) is 5.49. The molecule has 0 amide bonds. The first-order chi connectivity index (χ1) is 10.1. The van der Waals surface area contributed by atoms with Crippen molar-refractivity contribution in [2.75, 3.05) is 0 Å². The van der Waals surface area contributed by atoms with Crippen molar-refractivity contribution in [3.63, 3.8) is 0 Å². The first kappa shape index (κ1) is 12.1. The molecule has 0 bridgehead atoms. The molecule has 0 saturated carbocycles. The monoisotopic (exact) mass is 280 g/mol. The van der Waals surface area contributed by atoms with Crippen LogP contribution >= 0.6 is 0 Å². The molecular formula is C15H16N6. The van der Waals surface area contributed by atoms with Crippen molar-refractivity contribution in [1.29, 1.82) is 0 Å². The van der Waals surface area contributed by atoms with Gasteiger partial charge in [-0.1, -0.05) is 0 Å². The number of aryl methyl sites for hydroxylation is 4. The fourth-order valence-corrected chi connectivity index (χ4v) is 2.76. The molecular weight excluding hydrogens is 264 g/mol. The molecule has 0 saturated heterocycles. The predicted octanol–water partition coefficient (Wildman–Crippen LogP) is 1.49. The second kappa shape index (κ2) is 3.94. The van der Waals surface area contributed by atoms with Crippen molar-refractivity contribution in [2.45, 2.75) is 27.7 Å². The highest BCUT2D eigenvalue weighted by atomic mass is 15.3. The van der Waals surface area contributed by atoms with Crippen LogP contribution in [0.3, 0.4) is 0 Å². The first-order valence-corrected chi connectivity index (χ1v) is 6.91. The smallest absolute Gasteiger partial charge is 0.162 e. The van der Waals surface area contributed by atoms with Gasteiger partial charge >= 0.3 is 0 Å². The molecule has 1 N–H and O–H groups in total. The maximum absolute atomic E-state index is 4.55. The van der Waals surface area contributed by atoms with Crippen molar-refractivity contribution >= 4 is 17.4 Å². The lowest BCUT2D eigenvalue weighted by molar-refractivity contribution is 0.907. The third kappa shape index (κ3) is 1.55. The lowest BCUT2D eigenvalue weighted by Gasteiger charge is -1.89. The molecule has 0 aliphatic carbocycles. The van der Waals surface area contributed by atoms with Crippen LogP contribution in [-0.2, 0) is 0 Å². The summed E-state index contributed by atoms with van der Waals surface area (Å²) in [6.07, 6.45) is 5.84. The fourth-order valence-electron chi connectivity index (χ4n) is 2.76. The normalized spacial score (nSPS) is 13.0. The number of aromatic nitrogens is 6. The molecule has 4 rings (SSSR count). The molecule has 4 aromatic heterocycles. The fraction of sp³-hybridized carbons (Fsp3) is 0.267. The van der Waals surface area contributed by atoms with Crippen molar-refractivity contribution < 1.29 is 0 Å². The molecule has 0 atom stereocenters. The van der Waals surface area contributed by atoms with Crippen LogP contribution in [0.2, 0.25) is 0 Å². The number of hydrogen-bond donors (Lipinski definition) is 1. The SMILES string of the molecule is Cc1[nH]n2c(C)cnc2c1/C=c1/c(C)nn2c(C)cnc12. The predicted molar refractivity (Wildman–Crippen MR) is 80.3 cm³/mol. The van der Waals surface area contributed by atoms with Crippen LogP contribution in [0.4, 0.5) is 0 Å². The van der Waals surface area contributed by atoms with Crippen molar-refractivity contribution in [1.82, 2.24) is 29.2 Å². The molecule has 0 aliphatic rings. The maximum Gasteiger partial charge on any atom is 0.162 e. The van der Waals surface area contributed by atoms with E-state index in [1.54, 1.807) is 0 Å². The molecule has 0 spiro atoms. The quantitative estimate of drug-likeness (QED) is 0.574. The molecule has 6 heteroatoms. The van der Waals surface area contributed by atoms with E-state index in [1.165, 1.54) is 0 Å². The van der Waals surface area contributed by atoms with Crippen LogP contribution in [0.25, 0.3) is 17.4 Å². The lowest BCUT2D eigenvalue weighted by Crippen LogP contribution is -2.03. The summed E-state index contributed by atoms with van der Waals surface area (Å²) >= 11 is 0. The lowest BCUT2D eigenvalue weighted by atomic mass is 10.2. The van der Waals surface area contributed by atoms with Gasteiger partial charge in [-0.05, 0) is 33.8 Å². The highest BCUT2D eigenvalue weighted by Crippen LogP contribution is 2.16. The standard InChI is InChI=1S/C15H16N6/c1-8-6-16-14-12(10(3)18-20(8)14)5-13-11(4)19-21-9(2)7-17-15(13)21/h5-7,18H,1-4H3/b13-5-. The minimum Gasteiger partial charge on any atom is -0.296 e. The number of nitrogens with one attached hydrogen (secondary N) is 1. The molecule has 21 heavy (non-hydrogen) atoms. The number of hydrogen-bond acceptors (Lipinski definition) is 3. The Morgan fingerprint density at radius 1 is 1.00 bits per heavy atom. The van der Waals surface area contributed by atoms with Gasteiger partial charge in [0.1, 0.15) is 0 Å². The zero-order valence-electron chi connectivity index (χ0n) is 12.5. The van der Waals surface area contributed by atoms with Crippen LogP contribution in [0, 0.1) is 27.7 Å². The Kier molecular flexibility index (Phi) is 2.28. The van der Waals surface area contributed by atoms with E-state index in [2.05, 4.69) is 33.2 Å². The van der Waals surface area contributed by atoms with E-state index in [9.17, 15) is 0 Å². The third-order valence-corrected chi connectivity index (χ3v) is 3.94. The van der Waals surface area contributed by atoms with Crippen LogP contribution in [0.1, 0.15) is 28.3 Å². The Bertz CT molecular complexity index is 1030. The van der Waals surface area contributed by atoms with Gasteiger partial charge in [0.15, 0.2) is 11.3 Å². The zero-order chi connectivity index (χ0) is 14.7. The van der Waals surface area contributed by atoms with Gasteiger partial charge in [-0.2, -0.15) is 5.10 Å². The Morgan fingerprint density at radius 2 is 1.71 bits per heavy atom. The van der Waals surface area contributed by atoms with E-state index in [1.807, 2.05) is 42.2 Å². The van der Waals surface area contributed by atoms with Crippen LogP contribution in [0.15, 0.2) is 12.4 Å². The minimum absolute atomic E-state index is 0.895. The summed E-state index contributed by atoms with van der Waals surface area (Å²) in [5.74, 6) is 0.